The molecule has 0 unspecified atom stereocenters. The fourth-order valence-electron chi connectivity index (χ4n) is 1.08. The van der Waals surface area contributed by atoms with Crippen LogP contribution in [0.3, 0.4) is 0 Å². The highest BCUT2D eigenvalue weighted by Crippen LogP contribution is 1.92. The molecule has 130 valence electrons. The number of benzene rings is 2. The van der Waals surface area contributed by atoms with Gasteiger partial charge in [-0.3, -0.25) is 0 Å². The molecule has 2 rings (SSSR count). The van der Waals surface area contributed by atoms with E-state index >= 15 is 0 Å². The van der Waals surface area contributed by atoms with Crippen LogP contribution in [0.1, 0.15) is 39.2 Å². The normalized spacial score (nSPS) is 8.65. The molecule has 0 atom stereocenters. The molecular formula is C21H34O2. The van der Waals surface area contributed by atoms with E-state index in [1.54, 1.807) is 0 Å². The average molecular weight is 319 g/mol. The highest BCUT2D eigenvalue weighted by atomic mass is 16.3. The molecule has 2 aromatic rings. The molecular weight excluding hydrogens is 284 g/mol. The lowest BCUT2D eigenvalue weighted by Crippen LogP contribution is -1.90. The van der Waals surface area contributed by atoms with Gasteiger partial charge in [-0.15, -0.1) is 0 Å². The summed E-state index contributed by atoms with van der Waals surface area (Å²) in [4.78, 5) is 0. The van der Waals surface area contributed by atoms with Crippen LogP contribution in [0.4, 0.5) is 0 Å². The number of aryl methyl sites for hydroxylation is 1. The molecule has 0 saturated carbocycles. The van der Waals surface area contributed by atoms with Gasteiger partial charge in [-0.2, -0.15) is 0 Å². The zero-order valence-corrected chi connectivity index (χ0v) is 15.2. The highest BCUT2D eigenvalue weighted by Gasteiger charge is 1.81. The SMILES string of the molecule is CC(C)CO.CCCCO.Cc1ccccc1.c1ccccc1. The molecule has 0 fully saturated rings. The third-order valence-electron chi connectivity index (χ3n) is 2.48. The Morgan fingerprint density at radius 1 is 0.783 bits per heavy atom. The van der Waals surface area contributed by atoms with Crippen molar-refractivity contribution < 1.29 is 10.2 Å². The first-order chi connectivity index (χ1) is 11.1. The molecule has 0 amide bonds. The van der Waals surface area contributed by atoms with Crippen LogP contribution in [0, 0.1) is 12.8 Å². The lowest BCUT2D eigenvalue weighted by Gasteiger charge is -1.90. The quantitative estimate of drug-likeness (QED) is 0.827. The maximum Gasteiger partial charge on any atom is 0.0453 e. The van der Waals surface area contributed by atoms with Crippen LogP contribution in [-0.2, 0) is 0 Å². The fraction of sp³-hybridized carbons (Fsp3) is 0.429. The summed E-state index contributed by atoms with van der Waals surface area (Å²) in [5, 5.41) is 16.2. The average Bonchev–Trinajstić information content (AvgIpc) is 2.59. The molecule has 0 aromatic heterocycles. The van der Waals surface area contributed by atoms with Gasteiger partial charge in [0.15, 0.2) is 0 Å². The van der Waals surface area contributed by atoms with Crippen molar-refractivity contribution in [2.75, 3.05) is 13.2 Å². The van der Waals surface area contributed by atoms with E-state index in [2.05, 4.69) is 26.0 Å². The Kier molecular flexibility index (Phi) is 20.9. The van der Waals surface area contributed by atoms with Crippen LogP contribution >= 0.6 is 0 Å². The summed E-state index contributed by atoms with van der Waals surface area (Å²) < 4.78 is 0. The van der Waals surface area contributed by atoms with E-state index < -0.39 is 0 Å². The Bertz CT molecular complexity index is 370. The molecule has 2 heteroatoms. The summed E-state index contributed by atoms with van der Waals surface area (Å²) in [7, 11) is 0. The Morgan fingerprint density at radius 3 is 1.26 bits per heavy atom. The first kappa shape index (κ1) is 23.6. The van der Waals surface area contributed by atoms with Gasteiger partial charge < -0.3 is 10.2 Å². The first-order valence-electron chi connectivity index (χ1n) is 8.31. The monoisotopic (exact) mass is 318 g/mol. The van der Waals surface area contributed by atoms with Crippen molar-refractivity contribution in [1.29, 1.82) is 0 Å². The second kappa shape index (κ2) is 20.4. The third kappa shape index (κ3) is 25.6. The summed E-state index contributed by atoms with van der Waals surface area (Å²) in [6.07, 6.45) is 2.04. The highest BCUT2D eigenvalue weighted by molar-refractivity contribution is 5.11. The van der Waals surface area contributed by atoms with Crippen LogP contribution in [0.25, 0.3) is 0 Å². The van der Waals surface area contributed by atoms with Crippen molar-refractivity contribution in [2.45, 2.75) is 40.5 Å². The number of aliphatic hydroxyl groups excluding tert-OH is 2. The largest absolute Gasteiger partial charge is 0.396 e. The maximum atomic E-state index is 8.14. The van der Waals surface area contributed by atoms with E-state index in [1.165, 1.54) is 5.56 Å². The van der Waals surface area contributed by atoms with E-state index in [9.17, 15) is 0 Å². The number of aliphatic hydroxyl groups is 2. The second-order valence-corrected chi connectivity index (χ2v) is 5.46. The minimum Gasteiger partial charge on any atom is -0.396 e. The summed E-state index contributed by atoms with van der Waals surface area (Å²) in [6, 6.07) is 22.3. The van der Waals surface area contributed by atoms with E-state index in [0.29, 0.717) is 19.1 Å². The van der Waals surface area contributed by atoms with Crippen molar-refractivity contribution in [3.05, 3.63) is 72.3 Å². The fourth-order valence-corrected chi connectivity index (χ4v) is 1.08. The molecule has 2 nitrogen and oxygen atoms in total. The lowest BCUT2D eigenvalue weighted by atomic mass is 10.2. The van der Waals surface area contributed by atoms with Crippen LogP contribution in [0.5, 0.6) is 0 Å². The zero-order chi connectivity index (χ0) is 17.8. The lowest BCUT2D eigenvalue weighted by molar-refractivity contribution is 0.248. The zero-order valence-electron chi connectivity index (χ0n) is 15.2. The molecule has 0 aliphatic carbocycles. The van der Waals surface area contributed by atoms with Gasteiger partial charge in [0.2, 0.25) is 0 Å². The van der Waals surface area contributed by atoms with Gasteiger partial charge in [0.25, 0.3) is 0 Å². The minimum absolute atomic E-state index is 0.306. The van der Waals surface area contributed by atoms with Crippen LogP contribution in [0.2, 0.25) is 0 Å². The van der Waals surface area contributed by atoms with Crippen molar-refractivity contribution in [3.8, 4) is 0 Å². The summed E-state index contributed by atoms with van der Waals surface area (Å²) >= 11 is 0. The van der Waals surface area contributed by atoms with Crippen LogP contribution in [-0.4, -0.2) is 23.4 Å². The van der Waals surface area contributed by atoms with Crippen LogP contribution in [0.15, 0.2) is 66.7 Å². The van der Waals surface area contributed by atoms with Crippen LogP contribution < -0.4 is 0 Å². The second-order valence-electron chi connectivity index (χ2n) is 5.46. The maximum absolute atomic E-state index is 8.14. The molecule has 2 N–H and O–H groups in total. The molecule has 0 heterocycles. The molecule has 0 aliphatic heterocycles. The number of rotatable bonds is 3. The minimum atomic E-state index is 0.306. The van der Waals surface area contributed by atoms with Gasteiger partial charge in [-0.05, 0) is 19.3 Å². The number of unbranched alkanes of at least 4 members (excludes halogenated alkanes) is 1. The Hall–Kier alpha value is -1.64. The first-order valence-corrected chi connectivity index (χ1v) is 8.31. The van der Waals surface area contributed by atoms with E-state index in [4.69, 9.17) is 10.2 Å². The molecule has 0 radical (unpaired) electrons. The Morgan fingerprint density at radius 2 is 1.13 bits per heavy atom. The van der Waals surface area contributed by atoms with Crippen molar-refractivity contribution in [1.82, 2.24) is 0 Å². The smallest absolute Gasteiger partial charge is 0.0453 e. The van der Waals surface area contributed by atoms with E-state index in [-0.39, 0.29) is 0 Å². The molecule has 23 heavy (non-hydrogen) atoms. The number of hydrogen-bond donors (Lipinski definition) is 2. The predicted molar refractivity (Wildman–Crippen MR) is 102 cm³/mol. The van der Waals surface area contributed by atoms with Gasteiger partial charge in [0.1, 0.15) is 0 Å². The van der Waals surface area contributed by atoms with E-state index in [0.717, 1.165) is 12.8 Å². The number of hydrogen-bond acceptors (Lipinski definition) is 2. The Balaban J connectivity index is 0. The van der Waals surface area contributed by atoms with Crippen molar-refractivity contribution >= 4 is 0 Å². The van der Waals surface area contributed by atoms with Gasteiger partial charge in [-0.25, -0.2) is 0 Å². The predicted octanol–water partition coefficient (Wildman–Crippen LogP) is 5.10. The standard InChI is InChI=1S/C7H8.C6H6.2C4H10O/c1-7-5-3-2-4-6-7;1-2-4-6-5-3-1;1-4(2)3-5;1-2-3-4-5/h2-6H,1H3;1-6H;4-5H,3H2,1-2H3;5H,2-4H2,1H3. The topological polar surface area (TPSA) is 40.5 Å². The molecule has 2 aromatic carbocycles. The summed E-state index contributed by atoms with van der Waals surface area (Å²) in [5.74, 6) is 0.440. The van der Waals surface area contributed by atoms with Crippen molar-refractivity contribution in [3.63, 3.8) is 0 Å². The van der Waals surface area contributed by atoms with Gasteiger partial charge in [0, 0.05) is 13.2 Å². The van der Waals surface area contributed by atoms with Crippen molar-refractivity contribution in [2.24, 2.45) is 5.92 Å². The van der Waals surface area contributed by atoms with Gasteiger partial charge in [-0.1, -0.05) is 99.5 Å². The Labute approximate surface area is 142 Å². The molecule has 0 aliphatic rings. The van der Waals surface area contributed by atoms with Gasteiger partial charge in [0.05, 0.1) is 0 Å². The molecule has 0 bridgehead atoms. The van der Waals surface area contributed by atoms with E-state index in [1.807, 2.05) is 68.4 Å². The molecule has 0 spiro atoms. The molecule has 0 saturated heterocycles. The third-order valence-corrected chi connectivity index (χ3v) is 2.48. The summed E-state index contributed by atoms with van der Waals surface area (Å²) in [5.41, 5.74) is 1.32. The van der Waals surface area contributed by atoms with Gasteiger partial charge >= 0.3 is 0 Å². The summed E-state index contributed by atoms with van der Waals surface area (Å²) in [6.45, 7) is 8.73.